The Labute approximate surface area is 103 Å². The highest BCUT2D eigenvalue weighted by molar-refractivity contribution is 6.40. The number of phenolic OH excluding ortho intramolecular Hbond substituents is 1. The second-order valence-electron chi connectivity index (χ2n) is 3.76. The molecule has 1 N–H and O–H groups in total. The Bertz CT molecular complexity index is 624. The van der Waals surface area contributed by atoms with Crippen LogP contribution >= 0.6 is 0 Å². The van der Waals surface area contributed by atoms with Crippen molar-refractivity contribution in [3.8, 4) is 5.75 Å². The molecule has 0 radical (unpaired) electrons. The molecule has 94 valence electrons. The monoisotopic (exact) mass is 248 g/mol. The molecule has 0 aliphatic carbocycles. The molecule has 0 fully saturated rings. The molecule has 0 atom stereocenters. The van der Waals surface area contributed by atoms with E-state index in [2.05, 4.69) is 4.74 Å². The lowest BCUT2D eigenvalue weighted by molar-refractivity contribution is -0.137. The zero-order valence-corrected chi connectivity index (χ0v) is 10.0. The van der Waals surface area contributed by atoms with Crippen molar-refractivity contribution >= 4 is 22.7 Å². The average molecular weight is 248 g/mol. The number of furan rings is 1. The summed E-state index contributed by atoms with van der Waals surface area (Å²) in [4.78, 5) is 23.1. The van der Waals surface area contributed by atoms with E-state index in [0.29, 0.717) is 10.9 Å². The maximum Gasteiger partial charge on any atom is 0.383 e. The summed E-state index contributed by atoms with van der Waals surface area (Å²) in [6.45, 7) is 3.38. The molecule has 2 aromatic rings. The summed E-state index contributed by atoms with van der Waals surface area (Å²) in [6.07, 6.45) is 0. The minimum Gasteiger partial charge on any atom is -0.504 e. The first-order chi connectivity index (χ1) is 8.56. The number of carbonyl (C=O) groups excluding carboxylic acids is 2. The lowest BCUT2D eigenvalue weighted by Gasteiger charge is -1.98. The van der Waals surface area contributed by atoms with E-state index in [0.717, 1.165) is 0 Å². The summed E-state index contributed by atoms with van der Waals surface area (Å²) in [5, 5.41) is 10.2. The van der Waals surface area contributed by atoms with Crippen molar-refractivity contribution < 1.29 is 23.8 Å². The fourth-order valence-electron chi connectivity index (χ4n) is 1.73. The minimum absolute atomic E-state index is 0.0708. The molecule has 18 heavy (non-hydrogen) atoms. The first kappa shape index (κ1) is 12.2. The molecule has 1 aromatic carbocycles. The molecular formula is C13H12O5. The van der Waals surface area contributed by atoms with Gasteiger partial charge in [-0.2, -0.15) is 0 Å². The Morgan fingerprint density at radius 2 is 2.11 bits per heavy atom. The van der Waals surface area contributed by atoms with E-state index in [1.54, 1.807) is 26.0 Å². The number of esters is 1. The molecule has 1 aromatic heterocycles. The van der Waals surface area contributed by atoms with Crippen LogP contribution in [0, 0.1) is 6.92 Å². The van der Waals surface area contributed by atoms with Crippen molar-refractivity contribution in [1.82, 2.24) is 0 Å². The molecule has 0 spiro atoms. The Morgan fingerprint density at radius 3 is 2.72 bits per heavy atom. The van der Waals surface area contributed by atoms with Gasteiger partial charge in [0.15, 0.2) is 17.1 Å². The van der Waals surface area contributed by atoms with E-state index in [1.165, 1.54) is 6.07 Å². The van der Waals surface area contributed by atoms with Gasteiger partial charge in [-0.25, -0.2) is 4.79 Å². The number of aromatic hydroxyl groups is 1. The topological polar surface area (TPSA) is 76.7 Å². The van der Waals surface area contributed by atoms with Gasteiger partial charge in [0.25, 0.3) is 0 Å². The van der Waals surface area contributed by atoms with Crippen LogP contribution in [0.25, 0.3) is 11.0 Å². The summed E-state index contributed by atoms with van der Waals surface area (Å²) in [5.74, 6) is -1.97. The number of ether oxygens (including phenoxy) is 1. The van der Waals surface area contributed by atoms with Gasteiger partial charge in [-0.15, -0.1) is 0 Å². The van der Waals surface area contributed by atoms with Gasteiger partial charge < -0.3 is 14.3 Å². The molecule has 0 bridgehead atoms. The average Bonchev–Trinajstić information content (AvgIpc) is 2.68. The third-order valence-corrected chi connectivity index (χ3v) is 2.61. The van der Waals surface area contributed by atoms with Crippen LogP contribution in [0.1, 0.15) is 23.0 Å². The number of benzene rings is 1. The molecular weight excluding hydrogens is 236 g/mol. The first-order valence-electron chi connectivity index (χ1n) is 5.48. The van der Waals surface area contributed by atoms with Gasteiger partial charge in [0.1, 0.15) is 0 Å². The highest BCUT2D eigenvalue weighted by Gasteiger charge is 2.25. The number of rotatable bonds is 3. The Morgan fingerprint density at radius 1 is 1.39 bits per heavy atom. The number of aryl methyl sites for hydroxylation is 1. The zero-order chi connectivity index (χ0) is 13.3. The molecule has 0 saturated carbocycles. The third kappa shape index (κ3) is 1.84. The van der Waals surface area contributed by atoms with Gasteiger partial charge in [-0.3, -0.25) is 4.79 Å². The van der Waals surface area contributed by atoms with Gasteiger partial charge in [0.2, 0.25) is 0 Å². The number of phenols is 1. The highest BCUT2D eigenvalue weighted by atomic mass is 16.5. The SMILES string of the molecule is CCOC(=O)C(=O)c1oc2c(O)cccc2c1C. The van der Waals surface area contributed by atoms with Gasteiger partial charge in [-0.1, -0.05) is 12.1 Å². The molecule has 0 saturated heterocycles. The number of para-hydroxylation sites is 1. The van der Waals surface area contributed by atoms with Crippen molar-refractivity contribution in [2.75, 3.05) is 6.61 Å². The predicted octanol–water partition coefficient (Wildman–Crippen LogP) is 2.19. The second kappa shape index (κ2) is 4.52. The van der Waals surface area contributed by atoms with Crippen LogP contribution in [-0.4, -0.2) is 23.5 Å². The van der Waals surface area contributed by atoms with E-state index < -0.39 is 11.8 Å². The van der Waals surface area contributed by atoms with Crippen LogP contribution < -0.4 is 0 Å². The summed E-state index contributed by atoms with van der Waals surface area (Å²) < 4.78 is 9.89. The highest BCUT2D eigenvalue weighted by Crippen LogP contribution is 2.31. The van der Waals surface area contributed by atoms with Crippen molar-refractivity contribution in [3.05, 3.63) is 29.5 Å². The maximum absolute atomic E-state index is 11.8. The van der Waals surface area contributed by atoms with E-state index in [-0.39, 0.29) is 23.7 Å². The van der Waals surface area contributed by atoms with Crippen molar-refractivity contribution in [3.63, 3.8) is 0 Å². The van der Waals surface area contributed by atoms with E-state index in [9.17, 15) is 14.7 Å². The molecule has 2 rings (SSSR count). The fraction of sp³-hybridized carbons (Fsp3) is 0.231. The van der Waals surface area contributed by atoms with Gasteiger partial charge in [0, 0.05) is 10.9 Å². The van der Waals surface area contributed by atoms with Crippen LogP contribution in [0.4, 0.5) is 0 Å². The van der Waals surface area contributed by atoms with E-state index in [4.69, 9.17) is 4.42 Å². The molecule has 0 aliphatic rings. The number of hydrogen-bond acceptors (Lipinski definition) is 5. The smallest absolute Gasteiger partial charge is 0.383 e. The van der Waals surface area contributed by atoms with E-state index in [1.807, 2.05) is 0 Å². The quantitative estimate of drug-likeness (QED) is 0.512. The van der Waals surface area contributed by atoms with Gasteiger partial charge in [-0.05, 0) is 19.9 Å². The van der Waals surface area contributed by atoms with Crippen LogP contribution in [0.3, 0.4) is 0 Å². The molecule has 5 nitrogen and oxygen atoms in total. The maximum atomic E-state index is 11.8. The Balaban J connectivity index is 2.52. The molecule has 0 unspecified atom stereocenters. The van der Waals surface area contributed by atoms with Crippen molar-refractivity contribution in [1.29, 1.82) is 0 Å². The number of carbonyl (C=O) groups is 2. The van der Waals surface area contributed by atoms with E-state index >= 15 is 0 Å². The molecule has 1 heterocycles. The summed E-state index contributed by atoms with van der Waals surface area (Å²) in [6, 6.07) is 4.79. The van der Waals surface area contributed by atoms with Crippen LogP contribution in [0.15, 0.2) is 22.6 Å². The molecule has 0 amide bonds. The minimum atomic E-state index is -0.959. The van der Waals surface area contributed by atoms with Gasteiger partial charge in [0.05, 0.1) is 6.61 Å². The summed E-state index contributed by atoms with van der Waals surface area (Å²) >= 11 is 0. The predicted molar refractivity (Wildman–Crippen MR) is 63.6 cm³/mol. The molecule has 5 heteroatoms. The largest absolute Gasteiger partial charge is 0.504 e. The van der Waals surface area contributed by atoms with Crippen LogP contribution in [-0.2, 0) is 9.53 Å². The normalized spacial score (nSPS) is 10.6. The fourth-order valence-corrected chi connectivity index (χ4v) is 1.73. The molecule has 0 aliphatic heterocycles. The number of Topliss-reactive ketones (excluding diaryl/α,β-unsaturated/α-hetero) is 1. The third-order valence-electron chi connectivity index (χ3n) is 2.61. The van der Waals surface area contributed by atoms with Crippen molar-refractivity contribution in [2.45, 2.75) is 13.8 Å². The van der Waals surface area contributed by atoms with Crippen LogP contribution in [0.5, 0.6) is 5.75 Å². The van der Waals surface area contributed by atoms with Crippen LogP contribution in [0.2, 0.25) is 0 Å². The lowest BCUT2D eigenvalue weighted by Crippen LogP contribution is -2.17. The summed E-state index contributed by atoms with van der Waals surface area (Å²) in [5.41, 5.74) is 0.710. The second-order valence-corrected chi connectivity index (χ2v) is 3.76. The number of hydrogen-bond donors (Lipinski definition) is 1. The number of fused-ring (bicyclic) bond motifs is 1. The first-order valence-corrected chi connectivity index (χ1v) is 5.48. The standard InChI is InChI=1S/C13H12O5/c1-3-17-13(16)10(15)11-7(2)8-5-4-6-9(14)12(8)18-11/h4-6,14H,3H2,1-2H3. The number of ketones is 1. The Kier molecular flexibility index (Phi) is 3.06. The zero-order valence-electron chi connectivity index (χ0n) is 10.0. The summed E-state index contributed by atoms with van der Waals surface area (Å²) in [7, 11) is 0. The lowest BCUT2D eigenvalue weighted by atomic mass is 10.1. The van der Waals surface area contributed by atoms with Gasteiger partial charge >= 0.3 is 11.8 Å². The Hall–Kier alpha value is -2.30. The van der Waals surface area contributed by atoms with Crippen molar-refractivity contribution in [2.24, 2.45) is 0 Å².